The lowest BCUT2D eigenvalue weighted by Crippen LogP contribution is -2.41. The molecule has 1 aromatic heterocycles. The SMILES string of the molecule is Cc1ccc([C@H]2c3cc(OCc4nc(C(=O)NC5CC5)co4)ccc3CCN2C(=O)C2CC2)cc1. The van der Waals surface area contributed by atoms with Crippen molar-refractivity contribution in [3.63, 3.8) is 0 Å². The van der Waals surface area contributed by atoms with Crippen LogP contribution in [-0.4, -0.2) is 34.3 Å². The second kappa shape index (κ2) is 8.87. The van der Waals surface area contributed by atoms with Crippen LogP contribution >= 0.6 is 0 Å². The van der Waals surface area contributed by atoms with Crippen molar-refractivity contribution in [3.05, 3.63) is 82.6 Å². The maximum absolute atomic E-state index is 13.2. The van der Waals surface area contributed by atoms with Crippen molar-refractivity contribution in [3.8, 4) is 5.75 Å². The highest BCUT2D eigenvalue weighted by atomic mass is 16.5. The first-order valence-electron chi connectivity index (χ1n) is 12.4. The van der Waals surface area contributed by atoms with E-state index in [9.17, 15) is 9.59 Å². The molecule has 7 nitrogen and oxygen atoms in total. The van der Waals surface area contributed by atoms with E-state index < -0.39 is 0 Å². The number of carbonyl (C=O) groups excluding carboxylic acids is 2. The number of nitrogens with one attached hydrogen (secondary N) is 1. The molecule has 2 saturated carbocycles. The average Bonchev–Trinajstić information content (AvgIpc) is 3.81. The third kappa shape index (κ3) is 4.67. The standard InChI is InChI=1S/C28H29N3O4/c1-17-2-4-19(5-3-17)26-23-14-22(11-8-18(23)12-13-31(26)28(33)20-6-7-20)34-16-25-30-24(15-35-25)27(32)29-21-9-10-21/h2-5,8,11,14-15,20-21,26H,6-7,9-10,12-13,16H2,1H3,(H,29,32)/t26-/m0/s1. The van der Waals surface area contributed by atoms with E-state index in [4.69, 9.17) is 9.15 Å². The lowest BCUT2D eigenvalue weighted by atomic mass is 9.87. The molecule has 180 valence electrons. The van der Waals surface area contributed by atoms with Gasteiger partial charge in [-0.2, -0.15) is 0 Å². The summed E-state index contributed by atoms with van der Waals surface area (Å²) >= 11 is 0. The molecule has 0 radical (unpaired) electrons. The predicted molar refractivity (Wildman–Crippen MR) is 129 cm³/mol. The Morgan fingerprint density at radius 2 is 1.91 bits per heavy atom. The summed E-state index contributed by atoms with van der Waals surface area (Å²) in [6.45, 7) is 2.92. The number of ether oxygens (including phenoxy) is 1. The minimum absolute atomic E-state index is 0.120. The molecular weight excluding hydrogens is 442 g/mol. The van der Waals surface area contributed by atoms with Crippen LogP contribution in [0.5, 0.6) is 5.75 Å². The van der Waals surface area contributed by atoms with Crippen LogP contribution in [0.25, 0.3) is 0 Å². The number of amides is 2. The van der Waals surface area contributed by atoms with E-state index in [-0.39, 0.29) is 42.1 Å². The summed E-state index contributed by atoms with van der Waals surface area (Å²) in [5.41, 5.74) is 4.91. The third-order valence-electron chi connectivity index (χ3n) is 7.01. The van der Waals surface area contributed by atoms with E-state index >= 15 is 0 Å². The van der Waals surface area contributed by atoms with Gasteiger partial charge in [-0.25, -0.2) is 4.98 Å². The van der Waals surface area contributed by atoms with Crippen LogP contribution in [0.15, 0.2) is 53.1 Å². The summed E-state index contributed by atoms with van der Waals surface area (Å²) < 4.78 is 11.5. The van der Waals surface area contributed by atoms with Gasteiger partial charge >= 0.3 is 0 Å². The van der Waals surface area contributed by atoms with Crippen molar-refractivity contribution in [1.82, 2.24) is 15.2 Å². The second-order valence-electron chi connectivity index (χ2n) is 9.89. The first-order valence-corrected chi connectivity index (χ1v) is 12.4. The van der Waals surface area contributed by atoms with Crippen molar-refractivity contribution in [2.45, 2.75) is 57.7 Å². The fourth-order valence-electron chi connectivity index (χ4n) is 4.71. The van der Waals surface area contributed by atoms with Gasteiger partial charge < -0.3 is 19.4 Å². The zero-order valence-corrected chi connectivity index (χ0v) is 19.8. The van der Waals surface area contributed by atoms with Crippen LogP contribution in [0.4, 0.5) is 0 Å². The van der Waals surface area contributed by atoms with Gasteiger partial charge in [0, 0.05) is 18.5 Å². The zero-order valence-electron chi connectivity index (χ0n) is 19.8. The van der Waals surface area contributed by atoms with Crippen LogP contribution in [0.2, 0.25) is 0 Å². The Labute approximate surface area is 204 Å². The Hall–Kier alpha value is -3.61. The lowest BCUT2D eigenvalue weighted by Gasteiger charge is -2.38. The molecule has 1 atom stereocenters. The van der Waals surface area contributed by atoms with Crippen molar-refractivity contribution in [1.29, 1.82) is 0 Å². The number of rotatable bonds is 7. The minimum Gasteiger partial charge on any atom is -0.484 e. The largest absolute Gasteiger partial charge is 0.484 e. The van der Waals surface area contributed by atoms with Crippen LogP contribution in [0, 0.1) is 12.8 Å². The monoisotopic (exact) mass is 471 g/mol. The molecule has 2 fully saturated rings. The van der Waals surface area contributed by atoms with Crippen molar-refractivity contribution >= 4 is 11.8 Å². The summed E-state index contributed by atoms with van der Waals surface area (Å²) in [5.74, 6) is 1.25. The molecule has 3 aromatic rings. The van der Waals surface area contributed by atoms with E-state index in [1.165, 1.54) is 17.4 Å². The number of hydrogen-bond donors (Lipinski definition) is 1. The Morgan fingerprint density at radius 1 is 1.11 bits per heavy atom. The van der Waals surface area contributed by atoms with Gasteiger partial charge in [0.15, 0.2) is 12.3 Å². The van der Waals surface area contributed by atoms with Crippen molar-refractivity contribution < 1.29 is 18.7 Å². The summed E-state index contributed by atoms with van der Waals surface area (Å²) in [4.78, 5) is 31.7. The zero-order chi connectivity index (χ0) is 23.9. The van der Waals surface area contributed by atoms with Crippen LogP contribution < -0.4 is 10.1 Å². The molecule has 7 heteroatoms. The van der Waals surface area contributed by atoms with Crippen LogP contribution in [-0.2, 0) is 17.8 Å². The number of aromatic nitrogens is 1. The van der Waals surface area contributed by atoms with Gasteiger partial charge in [-0.1, -0.05) is 35.9 Å². The number of oxazole rings is 1. The van der Waals surface area contributed by atoms with Gasteiger partial charge in [0.25, 0.3) is 5.91 Å². The fourth-order valence-corrected chi connectivity index (χ4v) is 4.71. The molecule has 6 rings (SSSR count). The number of fused-ring (bicyclic) bond motifs is 1. The highest BCUT2D eigenvalue weighted by Crippen LogP contribution is 2.41. The predicted octanol–water partition coefficient (Wildman–Crippen LogP) is 4.34. The Balaban J connectivity index is 1.23. The number of hydrogen-bond acceptors (Lipinski definition) is 5. The lowest BCUT2D eigenvalue weighted by molar-refractivity contribution is -0.134. The van der Waals surface area contributed by atoms with Crippen LogP contribution in [0.3, 0.4) is 0 Å². The summed E-state index contributed by atoms with van der Waals surface area (Å²) in [6.07, 6.45) is 6.22. The molecule has 0 unspecified atom stereocenters. The molecule has 0 spiro atoms. The molecule has 2 aliphatic carbocycles. The minimum atomic E-state index is -0.211. The van der Waals surface area contributed by atoms with Gasteiger partial charge in [-0.3, -0.25) is 9.59 Å². The maximum atomic E-state index is 13.2. The number of benzene rings is 2. The van der Waals surface area contributed by atoms with E-state index in [2.05, 4.69) is 47.6 Å². The van der Waals surface area contributed by atoms with E-state index in [1.807, 2.05) is 17.0 Å². The Kier molecular flexibility index (Phi) is 5.55. The van der Waals surface area contributed by atoms with E-state index in [0.717, 1.165) is 49.8 Å². The van der Waals surface area contributed by atoms with Crippen molar-refractivity contribution in [2.24, 2.45) is 5.92 Å². The molecule has 35 heavy (non-hydrogen) atoms. The molecule has 2 aromatic carbocycles. The highest BCUT2D eigenvalue weighted by Gasteiger charge is 2.39. The molecule has 2 heterocycles. The van der Waals surface area contributed by atoms with Gasteiger partial charge in [0.05, 0.1) is 6.04 Å². The molecule has 1 N–H and O–H groups in total. The molecule has 0 saturated heterocycles. The van der Waals surface area contributed by atoms with Crippen molar-refractivity contribution in [2.75, 3.05) is 6.54 Å². The summed E-state index contributed by atoms with van der Waals surface area (Å²) in [6, 6.07) is 14.7. The number of aryl methyl sites for hydroxylation is 1. The summed E-state index contributed by atoms with van der Waals surface area (Å²) in [7, 11) is 0. The van der Waals surface area contributed by atoms with Gasteiger partial charge in [-0.05, 0) is 67.9 Å². The number of nitrogens with zero attached hydrogens (tertiary/aromatic N) is 2. The van der Waals surface area contributed by atoms with Gasteiger partial charge in [0.1, 0.15) is 12.0 Å². The summed E-state index contributed by atoms with van der Waals surface area (Å²) in [5, 5.41) is 2.91. The average molecular weight is 472 g/mol. The van der Waals surface area contributed by atoms with E-state index in [0.29, 0.717) is 11.6 Å². The number of carbonyl (C=O) groups is 2. The first kappa shape index (κ1) is 21.9. The third-order valence-corrected chi connectivity index (χ3v) is 7.01. The van der Waals surface area contributed by atoms with Gasteiger partial charge in [-0.15, -0.1) is 0 Å². The Bertz CT molecular complexity index is 1260. The molecule has 3 aliphatic rings. The Morgan fingerprint density at radius 3 is 2.66 bits per heavy atom. The quantitative estimate of drug-likeness (QED) is 0.554. The molecule has 0 bridgehead atoms. The normalized spacial score (nSPS) is 19.2. The molecular formula is C28H29N3O4. The smallest absolute Gasteiger partial charge is 0.273 e. The first-order chi connectivity index (χ1) is 17.0. The molecule has 2 amide bonds. The van der Waals surface area contributed by atoms with E-state index in [1.54, 1.807) is 0 Å². The van der Waals surface area contributed by atoms with Gasteiger partial charge in [0.2, 0.25) is 11.8 Å². The fraction of sp³-hybridized carbons (Fsp3) is 0.393. The second-order valence-corrected chi connectivity index (χ2v) is 9.89. The molecule has 1 aliphatic heterocycles. The maximum Gasteiger partial charge on any atom is 0.273 e. The topological polar surface area (TPSA) is 84.7 Å². The highest BCUT2D eigenvalue weighted by molar-refractivity contribution is 5.92. The van der Waals surface area contributed by atoms with Crippen LogP contribution in [0.1, 0.15) is 70.4 Å².